The first-order chi connectivity index (χ1) is 6.37. The molecule has 0 aromatic heterocycles. The normalized spacial score (nSPS) is 10.8. The minimum Gasteiger partial charge on any atom is -0.480 e. The van der Waals surface area contributed by atoms with E-state index in [-0.39, 0.29) is 0 Å². The Bertz CT molecular complexity index is 215. The van der Waals surface area contributed by atoms with E-state index in [4.69, 9.17) is 9.84 Å². The molecule has 0 heterocycles. The number of carbonyl (C=O) groups excluding carboxylic acids is 1. The summed E-state index contributed by atoms with van der Waals surface area (Å²) in [5.41, 5.74) is -0.517. The lowest BCUT2D eigenvalue weighted by Gasteiger charge is -2.25. The third-order valence-electron chi connectivity index (χ3n) is 1.36. The molecule has 2 amide bonds. The summed E-state index contributed by atoms with van der Waals surface area (Å²) in [6.07, 6.45) is 0. The summed E-state index contributed by atoms with van der Waals surface area (Å²) >= 11 is 0. The lowest BCUT2D eigenvalue weighted by atomic mass is 10.1. The third-order valence-corrected chi connectivity index (χ3v) is 1.36. The van der Waals surface area contributed by atoms with Gasteiger partial charge in [-0.1, -0.05) is 0 Å². The first-order valence-electron chi connectivity index (χ1n) is 4.14. The van der Waals surface area contributed by atoms with Crippen LogP contribution in [0.1, 0.15) is 13.8 Å². The van der Waals surface area contributed by atoms with Gasteiger partial charge in [-0.2, -0.15) is 0 Å². The highest BCUT2D eigenvalue weighted by molar-refractivity contribution is 5.80. The van der Waals surface area contributed by atoms with Crippen LogP contribution in [-0.2, 0) is 9.53 Å². The highest BCUT2D eigenvalue weighted by Gasteiger charge is 2.19. The van der Waals surface area contributed by atoms with Crippen LogP contribution in [0.4, 0.5) is 4.79 Å². The molecule has 0 aromatic carbocycles. The Kier molecular flexibility index (Phi) is 4.93. The number of ether oxygens (including phenoxy) is 1. The minimum absolute atomic E-state index is 0.355. The summed E-state index contributed by atoms with van der Waals surface area (Å²) in [5.74, 6) is -1.08. The number of nitrogens with one attached hydrogen (secondary N) is 2. The molecule has 0 saturated heterocycles. The average Bonchev–Trinajstić information content (AvgIpc) is 1.99. The Balaban J connectivity index is 3.86. The lowest BCUT2D eigenvalue weighted by Crippen LogP contribution is -2.51. The molecule has 6 nitrogen and oxygen atoms in total. The molecule has 0 saturated carbocycles. The Morgan fingerprint density at radius 3 is 2.43 bits per heavy atom. The van der Waals surface area contributed by atoms with E-state index in [0.29, 0.717) is 6.61 Å². The van der Waals surface area contributed by atoms with E-state index in [9.17, 15) is 9.59 Å². The Labute approximate surface area is 82.6 Å². The van der Waals surface area contributed by atoms with Gasteiger partial charge in [0.05, 0.1) is 12.1 Å². The van der Waals surface area contributed by atoms with Gasteiger partial charge < -0.3 is 20.5 Å². The second-order valence-electron chi connectivity index (χ2n) is 3.52. The van der Waals surface area contributed by atoms with Gasteiger partial charge in [0.2, 0.25) is 0 Å². The molecular weight excluding hydrogens is 188 g/mol. The van der Waals surface area contributed by atoms with E-state index in [1.165, 1.54) is 7.11 Å². The fraction of sp³-hybridized carbons (Fsp3) is 0.750. The maximum Gasteiger partial charge on any atom is 0.323 e. The molecule has 0 radical (unpaired) electrons. The number of hydrogen-bond donors (Lipinski definition) is 3. The molecule has 14 heavy (non-hydrogen) atoms. The van der Waals surface area contributed by atoms with Crippen LogP contribution in [0.25, 0.3) is 0 Å². The van der Waals surface area contributed by atoms with Gasteiger partial charge in [-0.3, -0.25) is 4.79 Å². The van der Waals surface area contributed by atoms with E-state index in [1.54, 1.807) is 13.8 Å². The topological polar surface area (TPSA) is 87.7 Å². The van der Waals surface area contributed by atoms with Crippen molar-refractivity contribution in [2.45, 2.75) is 19.4 Å². The Hall–Kier alpha value is -1.30. The molecule has 0 aliphatic rings. The number of methoxy groups -OCH3 is 1. The van der Waals surface area contributed by atoms with Crippen LogP contribution < -0.4 is 10.6 Å². The van der Waals surface area contributed by atoms with Gasteiger partial charge in [0, 0.05) is 7.11 Å². The first-order valence-corrected chi connectivity index (χ1v) is 4.14. The van der Waals surface area contributed by atoms with Crippen molar-refractivity contribution in [3.8, 4) is 0 Å². The molecule has 0 bridgehead atoms. The van der Waals surface area contributed by atoms with Crippen LogP contribution >= 0.6 is 0 Å². The van der Waals surface area contributed by atoms with E-state index >= 15 is 0 Å². The number of carboxylic acid groups (broad SMARTS) is 1. The van der Waals surface area contributed by atoms with Crippen molar-refractivity contribution >= 4 is 12.0 Å². The molecule has 0 aliphatic carbocycles. The van der Waals surface area contributed by atoms with Crippen LogP contribution in [0.5, 0.6) is 0 Å². The lowest BCUT2D eigenvalue weighted by molar-refractivity contribution is -0.135. The Morgan fingerprint density at radius 2 is 2.00 bits per heavy atom. The van der Waals surface area contributed by atoms with Crippen molar-refractivity contribution in [2.24, 2.45) is 0 Å². The zero-order valence-corrected chi connectivity index (χ0v) is 8.59. The molecule has 0 unspecified atom stereocenters. The number of carbonyl (C=O) groups is 2. The molecule has 0 atom stereocenters. The number of urea groups is 1. The fourth-order valence-corrected chi connectivity index (χ4v) is 0.904. The molecule has 82 valence electrons. The second kappa shape index (κ2) is 5.43. The smallest absolute Gasteiger partial charge is 0.323 e. The summed E-state index contributed by atoms with van der Waals surface area (Å²) in [4.78, 5) is 21.2. The highest BCUT2D eigenvalue weighted by Crippen LogP contribution is 2.00. The molecule has 0 fully saturated rings. The standard InChI is InChI=1S/C8H16N2O4/c1-8(2,5-14-3)10-7(13)9-4-6(11)12/h4-5H2,1-3H3,(H,11,12)(H2,9,10,13). The molecule has 3 N–H and O–H groups in total. The molecule has 0 aliphatic heterocycles. The van der Waals surface area contributed by atoms with E-state index in [0.717, 1.165) is 0 Å². The zero-order valence-electron chi connectivity index (χ0n) is 8.59. The second-order valence-corrected chi connectivity index (χ2v) is 3.52. The minimum atomic E-state index is -1.08. The van der Waals surface area contributed by atoms with Crippen molar-refractivity contribution in [3.05, 3.63) is 0 Å². The van der Waals surface area contributed by atoms with E-state index in [1.807, 2.05) is 0 Å². The predicted octanol–water partition coefficient (Wildman–Crippen LogP) is -0.205. The van der Waals surface area contributed by atoms with Gasteiger partial charge in [0.25, 0.3) is 0 Å². The van der Waals surface area contributed by atoms with Gasteiger partial charge in [0.15, 0.2) is 0 Å². The largest absolute Gasteiger partial charge is 0.480 e. The van der Waals surface area contributed by atoms with Crippen LogP contribution in [0.3, 0.4) is 0 Å². The Morgan fingerprint density at radius 1 is 1.43 bits per heavy atom. The quantitative estimate of drug-likeness (QED) is 0.578. The van der Waals surface area contributed by atoms with Crippen LogP contribution in [0.15, 0.2) is 0 Å². The van der Waals surface area contributed by atoms with Crippen LogP contribution in [-0.4, -0.2) is 42.9 Å². The number of hydrogen-bond acceptors (Lipinski definition) is 3. The number of carboxylic acids is 1. The summed E-state index contributed by atoms with van der Waals surface area (Å²) in [5, 5.41) is 13.1. The average molecular weight is 204 g/mol. The van der Waals surface area contributed by atoms with Gasteiger partial charge in [-0.05, 0) is 13.8 Å². The molecule has 0 rings (SSSR count). The maximum absolute atomic E-state index is 11.1. The van der Waals surface area contributed by atoms with Crippen LogP contribution in [0.2, 0.25) is 0 Å². The zero-order chi connectivity index (χ0) is 11.2. The summed E-state index contributed by atoms with van der Waals surface area (Å²) < 4.78 is 4.87. The van der Waals surface area contributed by atoms with Crippen molar-refractivity contribution in [1.82, 2.24) is 10.6 Å². The highest BCUT2D eigenvalue weighted by atomic mass is 16.5. The van der Waals surface area contributed by atoms with Gasteiger partial charge in [0.1, 0.15) is 6.54 Å². The summed E-state index contributed by atoms with van der Waals surface area (Å²) in [6, 6.07) is -0.519. The van der Waals surface area contributed by atoms with Crippen LogP contribution in [0, 0.1) is 0 Å². The SMILES string of the molecule is COCC(C)(C)NC(=O)NCC(=O)O. The van der Waals surface area contributed by atoms with Crippen molar-refractivity contribution in [1.29, 1.82) is 0 Å². The van der Waals surface area contributed by atoms with Crippen molar-refractivity contribution in [3.63, 3.8) is 0 Å². The van der Waals surface area contributed by atoms with Gasteiger partial charge >= 0.3 is 12.0 Å². The first kappa shape index (κ1) is 12.7. The molecule has 6 heteroatoms. The number of rotatable bonds is 5. The van der Waals surface area contributed by atoms with Crippen molar-refractivity contribution < 1.29 is 19.4 Å². The molecule has 0 aromatic rings. The maximum atomic E-state index is 11.1. The number of aliphatic carboxylic acids is 1. The van der Waals surface area contributed by atoms with Crippen molar-refractivity contribution in [2.75, 3.05) is 20.3 Å². The van der Waals surface area contributed by atoms with E-state index in [2.05, 4.69) is 10.6 Å². The van der Waals surface area contributed by atoms with Gasteiger partial charge in [-0.15, -0.1) is 0 Å². The fourth-order valence-electron chi connectivity index (χ4n) is 0.904. The predicted molar refractivity (Wildman–Crippen MR) is 50.1 cm³/mol. The molecular formula is C8H16N2O4. The summed E-state index contributed by atoms with van der Waals surface area (Å²) in [7, 11) is 1.53. The van der Waals surface area contributed by atoms with E-state index < -0.39 is 24.1 Å². The monoisotopic (exact) mass is 204 g/mol. The molecule has 0 spiro atoms. The van der Waals surface area contributed by atoms with Gasteiger partial charge in [-0.25, -0.2) is 4.79 Å². The summed E-state index contributed by atoms with van der Waals surface area (Å²) in [6.45, 7) is 3.51. The third kappa shape index (κ3) is 6.24. The number of amides is 2.